The van der Waals surface area contributed by atoms with Gasteiger partial charge < -0.3 is 15.2 Å². The number of nitrogens with one attached hydrogen (secondary N) is 2. The first-order valence-electron chi connectivity index (χ1n) is 9.94. The first-order chi connectivity index (χ1) is 13.0. The Hall–Kier alpha value is -2.12. The predicted molar refractivity (Wildman–Crippen MR) is 106 cm³/mol. The summed E-state index contributed by atoms with van der Waals surface area (Å²) < 4.78 is 1.87. The summed E-state index contributed by atoms with van der Waals surface area (Å²) in [4.78, 5) is 32.5. The van der Waals surface area contributed by atoms with Gasteiger partial charge in [-0.25, -0.2) is 4.79 Å². The molecule has 27 heavy (non-hydrogen) atoms. The van der Waals surface area contributed by atoms with Gasteiger partial charge in [0.25, 0.3) is 5.91 Å². The van der Waals surface area contributed by atoms with E-state index >= 15 is 0 Å². The average Bonchev–Trinajstić information content (AvgIpc) is 3.28. The van der Waals surface area contributed by atoms with Gasteiger partial charge in [-0.2, -0.15) is 0 Å². The molecule has 2 aromatic rings. The lowest BCUT2D eigenvalue weighted by molar-refractivity contribution is 0.0881. The van der Waals surface area contributed by atoms with Crippen LogP contribution in [0.5, 0.6) is 0 Å². The minimum atomic E-state index is -0.0898. The highest BCUT2D eigenvalue weighted by molar-refractivity contribution is 5.97. The number of hydrogen-bond acceptors (Lipinski definition) is 4. The highest BCUT2D eigenvalue weighted by atomic mass is 16.2. The molecule has 0 spiro atoms. The van der Waals surface area contributed by atoms with Crippen molar-refractivity contribution in [3.05, 3.63) is 34.2 Å². The number of carbonyl (C=O) groups excluding carboxylic acids is 1. The van der Waals surface area contributed by atoms with Crippen molar-refractivity contribution in [2.24, 2.45) is 0 Å². The molecule has 1 saturated heterocycles. The number of rotatable bonds is 4. The Bertz CT molecular complexity index is 880. The third kappa shape index (κ3) is 3.66. The van der Waals surface area contributed by atoms with Crippen LogP contribution in [0, 0.1) is 0 Å². The predicted octanol–water partition coefficient (Wildman–Crippen LogP) is 1.42. The summed E-state index contributed by atoms with van der Waals surface area (Å²) in [7, 11) is 4.22. The second kappa shape index (κ2) is 7.48. The molecule has 2 fully saturated rings. The normalized spacial score (nSPS) is 22.5. The van der Waals surface area contributed by atoms with Crippen LogP contribution in [0.15, 0.2) is 23.0 Å². The number of benzene rings is 1. The number of hydrogen-bond donors (Lipinski definition) is 2. The molecule has 2 aliphatic rings. The van der Waals surface area contributed by atoms with E-state index in [1.54, 1.807) is 6.07 Å². The van der Waals surface area contributed by atoms with Gasteiger partial charge in [0.05, 0.1) is 11.0 Å². The fraction of sp³-hybridized carbons (Fsp3) is 0.600. The van der Waals surface area contributed by atoms with Gasteiger partial charge in [-0.3, -0.25) is 14.3 Å². The number of piperazine rings is 1. The zero-order valence-electron chi connectivity index (χ0n) is 16.2. The number of fused-ring (bicyclic) bond motifs is 1. The number of H-pyrrole nitrogens is 1. The van der Waals surface area contributed by atoms with Gasteiger partial charge in [-0.15, -0.1) is 0 Å². The summed E-state index contributed by atoms with van der Waals surface area (Å²) >= 11 is 0. The minimum absolute atomic E-state index is 0.0682. The molecule has 4 rings (SSSR count). The molecule has 1 aliphatic carbocycles. The molecule has 1 aromatic heterocycles. The molecular weight excluding hydrogens is 342 g/mol. The maximum Gasteiger partial charge on any atom is 0.326 e. The van der Waals surface area contributed by atoms with Crippen LogP contribution in [0.2, 0.25) is 0 Å². The van der Waals surface area contributed by atoms with Crippen LogP contribution in [-0.2, 0) is 0 Å². The molecule has 146 valence electrons. The number of aromatic nitrogens is 2. The molecule has 1 amide bonds. The molecule has 0 radical (unpaired) electrons. The van der Waals surface area contributed by atoms with Gasteiger partial charge in [-0.1, -0.05) is 12.8 Å². The largest absolute Gasteiger partial charge is 0.350 e. The third-order valence-electron chi connectivity index (χ3n) is 6.15. The van der Waals surface area contributed by atoms with Gasteiger partial charge in [0, 0.05) is 43.8 Å². The van der Waals surface area contributed by atoms with Crippen LogP contribution in [0.1, 0.15) is 42.1 Å². The number of aromatic amines is 1. The standard InChI is InChI=1S/C20H29N5O2/c1-23-9-10-24(2)16(13-23)12-21-19(26)14-7-8-18-17(11-14)22-20(27)25(18)15-5-3-4-6-15/h7-8,11,15-16H,3-6,9-10,12-13H2,1-2H3,(H,21,26)(H,22,27). The van der Waals surface area contributed by atoms with Crippen molar-refractivity contribution in [1.29, 1.82) is 0 Å². The lowest BCUT2D eigenvalue weighted by atomic mass is 10.1. The highest BCUT2D eigenvalue weighted by Crippen LogP contribution is 2.30. The Morgan fingerprint density at radius 3 is 2.78 bits per heavy atom. The van der Waals surface area contributed by atoms with Crippen LogP contribution < -0.4 is 11.0 Å². The van der Waals surface area contributed by atoms with Crippen molar-refractivity contribution >= 4 is 16.9 Å². The Morgan fingerprint density at radius 2 is 2.00 bits per heavy atom. The van der Waals surface area contributed by atoms with Crippen molar-refractivity contribution in [2.45, 2.75) is 37.8 Å². The molecule has 1 saturated carbocycles. The molecule has 1 aromatic carbocycles. The molecule has 7 nitrogen and oxygen atoms in total. The van der Waals surface area contributed by atoms with Crippen LogP contribution in [0.25, 0.3) is 11.0 Å². The Morgan fingerprint density at radius 1 is 1.22 bits per heavy atom. The van der Waals surface area contributed by atoms with Gasteiger partial charge in [0.2, 0.25) is 0 Å². The lowest BCUT2D eigenvalue weighted by Gasteiger charge is -2.37. The summed E-state index contributed by atoms with van der Waals surface area (Å²) in [5.74, 6) is -0.0898. The maximum atomic E-state index is 12.6. The topological polar surface area (TPSA) is 73.4 Å². The first kappa shape index (κ1) is 18.3. The quantitative estimate of drug-likeness (QED) is 0.853. The molecule has 7 heteroatoms. The monoisotopic (exact) mass is 371 g/mol. The van der Waals surface area contributed by atoms with Crippen LogP contribution >= 0.6 is 0 Å². The Labute approximate surface area is 159 Å². The fourth-order valence-corrected chi connectivity index (χ4v) is 4.43. The summed E-state index contributed by atoms with van der Waals surface area (Å²) in [6, 6.07) is 6.13. The molecule has 1 atom stereocenters. The summed E-state index contributed by atoms with van der Waals surface area (Å²) in [6.45, 7) is 3.65. The summed E-state index contributed by atoms with van der Waals surface area (Å²) in [5, 5.41) is 3.05. The van der Waals surface area contributed by atoms with E-state index < -0.39 is 0 Å². The third-order valence-corrected chi connectivity index (χ3v) is 6.15. The Balaban J connectivity index is 1.48. The van der Waals surface area contributed by atoms with Crippen LogP contribution in [0.4, 0.5) is 0 Å². The minimum Gasteiger partial charge on any atom is -0.350 e. The van der Waals surface area contributed by atoms with Crippen molar-refractivity contribution in [2.75, 3.05) is 40.3 Å². The van der Waals surface area contributed by atoms with Gasteiger partial charge in [0.15, 0.2) is 0 Å². The van der Waals surface area contributed by atoms with Gasteiger partial charge in [-0.05, 0) is 45.1 Å². The van der Waals surface area contributed by atoms with Gasteiger partial charge >= 0.3 is 5.69 Å². The molecular formula is C20H29N5O2. The number of likely N-dealkylation sites (N-methyl/N-ethyl adjacent to an activating group) is 2. The SMILES string of the molecule is CN1CCN(C)C(CNC(=O)c2ccc3c(c2)[nH]c(=O)n3C2CCCC2)C1. The van der Waals surface area contributed by atoms with Crippen molar-refractivity contribution in [3.8, 4) is 0 Å². The summed E-state index contributed by atoms with van der Waals surface area (Å²) in [5.41, 5.74) is 2.17. The molecule has 2 N–H and O–H groups in total. The number of carbonyl (C=O) groups is 1. The van der Waals surface area contributed by atoms with E-state index in [-0.39, 0.29) is 17.6 Å². The van der Waals surface area contributed by atoms with E-state index in [0.717, 1.165) is 43.5 Å². The number of amides is 1. The second-order valence-corrected chi connectivity index (χ2v) is 8.08. The lowest BCUT2D eigenvalue weighted by Crippen LogP contribution is -2.54. The second-order valence-electron chi connectivity index (χ2n) is 8.08. The van der Waals surface area contributed by atoms with E-state index in [1.807, 2.05) is 16.7 Å². The molecule has 1 unspecified atom stereocenters. The van der Waals surface area contributed by atoms with Crippen LogP contribution in [0.3, 0.4) is 0 Å². The van der Waals surface area contributed by atoms with E-state index in [1.165, 1.54) is 12.8 Å². The molecule has 1 aliphatic heterocycles. The highest BCUT2D eigenvalue weighted by Gasteiger charge is 2.24. The van der Waals surface area contributed by atoms with Gasteiger partial charge in [0.1, 0.15) is 0 Å². The Kier molecular flexibility index (Phi) is 5.06. The first-order valence-corrected chi connectivity index (χ1v) is 9.94. The summed E-state index contributed by atoms with van der Waals surface area (Å²) in [6.07, 6.45) is 4.46. The molecule has 0 bridgehead atoms. The zero-order valence-corrected chi connectivity index (χ0v) is 16.2. The zero-order chi connectivity index (χ0) is 19.0. The van der Waals surface area contributed by atoms with E-state index in [0.29, 0.717) is 18.2 Å². The van der Waals surface area contributed by atoms with E-state index in [9.17, 15) is 9.59 Å². The number of imidazole rings is 1. The molecule has 2 heterocycles. The van der Waals surface area contributed by atoms with E-state index in [2.05, 4.69) is 34.2 Å². The maximum absolute atomic E-state index is 12.6. The van der Waals surface area contributed by atoms with Crippen molar-refractivity contribution in [3.63, 3.8) is 0 Å². The van der Waals surface area contributed by atoms with E-state index in [4.69, 9.17) is 0 Å². The van der Waals surface area contributed by atoms with Crippen LogP contribution in [-0.4, -0.2) is 71.6 Å². The fourth-order valence-electron chi connectivity index (χ4n) is 4.43. The number of nitrogens with zero attached hydrogens (tertiary/aromatic N) is 3. The smallest absolute Gasteiger partial charge is 0.326 e. The average molecular weight is 371 g/mol. The van der Waals surface area contributed by atoms with Crippen molar-refractivity contribution < 1.29 is 4.79 Å². The van der Waals surface area contributed by atoms with Crippen molar-refractivity contribution in [1.82, 2.24) is 24.7 Å².